The predicted octanol–water partition coefficient (Wildman–Crippen LogP) is 6.43. The molecule has 0 saturated heterocycles. The van der Waals surface area contributed by atoms with Gasteiger partial charge in [0.2, 0.25) is 0 Å². The maximum absolute atomic E-state index is 12.7. The Morgan fingerprint density at radius 3 is 2.40 bits per heavy atom. The van der Waals surface area contributed by atoms with Crippen LogP contribution in [0.5, 0.6) is 0 Å². The lowest BCUT2D eigenvalue weighted by Gasteiger charge is -2.21. The monoisotopic (exact) mass is 438 g/mol. The summed E-state index contributed by atoms with van der Waals surface area (Å²) in [6.07, 6.45) is 14.7. The van der Waals surface area contributed by atoms with Crippen LogP contribution in [0.3, 0.4) is 0 Å². The Labute approximate surface area is 180 Å². The van der Waals surface area contributed by atoms with E-state index in [1.54, 1.807) is 0 Å². The number of hydrogen-bond acceptors (Lipinski definition) is 6. The van der Waals surface area contributed by atoms with Crippen LogP contribution in [-0.4, -0.2) is 25.0 Å². The van der Waals surface area contributed by atoms with Crippen LogP contribution in [0.1, 0.15) is 71.6 Å². The zero-order chi connectivity index (χ0) is 21.8. The van der Waals surface area contributed by atoms with Gasteiger partial charge in [0.25, 0.3) is 0 Å². The molecular weight excluding hydrogens is 403 g/mol. The molecule has 2 rings (SSSR count). The van der Waals surface area contributed by atoms with Crippen molar-refractivity contribution in [2.45, 2.75) is 71.6 Å². The van der Waals surface area contributed by atoms with Crippen molar-refractivity contribution < 1.29 is 22.9 Å². The van der Waals surface area contributed by atoms with E-state index in [4.69, 9.17) is 19.0 Å². The number of unbranched alkanes of at least 4 members (excludes halogenated alkanes) is 2. The van der Waals surface area contributed by atoms with Gasteiger partial charge < -0.3 is 9.93 Å². The van der Waals surface area contributed by atoms with Crippen molar-refractivity contribution >= 4 is 19.6 Å². The summed E-state index contributed by atoms with van der Waals surface area (Å²) < 4.78 is 28.3. The van der Waals surface area contributed by atoms with E-state index in [-0.39, 0.29) is 13.2 Å². The summed E-state index contributed by atoms with van der Waals surface area (Å²) in [7, 11) is -3.93. The number of nitrogens with one attached hydrogen (secondary N) is 2. The molecule has 1 amide bonds. The first-order valence-corrected chi connectivity index (χ1v) is 12.4. The quantitative estimate of drug-likeness (QED) is 0.208. The molecule has 30 heavy (non-hydrogen) atoms. The van der Waals surface area contributed by atoms with Gasteiger partial charge in [-0.15, -0.1) is 0 Å². The maximum Gasteiger partial charge on any atom is 0.533 e. The number of phosphoric acid groups is 1. The molecular formula is C22H35N2O5P. The Kier molecular flexibility index (Phi) is 10.6. The minimum absolute atomic E-state index is 0.215. The summed E-state index contributed by atoms with van der Waals surface area (Å²) in [4.78, 5) is 12.3. The normalized spacial score (nSPS) is 19.3. The van der Waals surface area contributed by atoms with Crippen molar-refractivity contribution in [2.24, 2.45) is 5.92 Å². The topological polar surface area (TPSA) is 97.7 Å². The molecule has 0 spiro atoms. The number of amides is 1. The highest BCUT2D eigenvalue weighted by molar-refractivity contribution is 7.49. The number of carbonyl (C=O) groups is 1. The second-order valence-electron chi connectivity index (χ2n) is 7.71. The number of carbonyl (C=O) groups excluding carboxylic acids is 1. The van der Waals surface area contributed by atoms with Gasteiger partial charge >= 0.3 is 13.9 Å². The van der Waals surface area contributed by atoms with Crippen molar-refractivity contribution in [1.82, 2.24) is 5.32 Å². The molecule has 0 aromatic carbocycles. The highest BCUT2D eigenvalue weighted by Crippen LogP contribution is 2.50. The van der Waals surface area contributed by atoms with Gasteiger partial charge in [-0.1, -0.05) is 50.5 Å². The van der Waals surface area contributed by atoms with Gasteiger partial charge in [0.05, 0.1) is 13.2 Å². The molecule has 0 aromatic heterocycles. The third-order valence-electron chi connectivity index (χ3n) is 5.03. The van der Waals surface area contributed by atoms with Gasteiger partial charge in [0.15, 0.2) is 0 Å². The highest BCUT2D eigenvalue weighted by atomic mass is 31.2. The van der Waals surface area contributed by atoms with Crippen molar-refractivity contribution in [3.8, 4) is 0 Å². The van der Waals surface area contributed by atoms with E-state index < -0.39 is 13.9 Å². The van der Waals surface area contributed by atoms with E-state index in [1.807, 2.05) is 26.0 Å². The predicted molar refractivity (Wildman–Crippen MR) is 119 cm³/mol. The first kappa shape index (κ1) is 24.6. The van der Waals surface area contributed by atoms with Crippen LogP contribution in [0, 0.1) is 11.3 Å². The highest BCUT2D eigenvalue weighted by Gasteiger charge is 2.31. The third kappa shape index (κ3) is 8.99. The maximum atomic E-state index is 12.7. The molecule has 8 heteroatoms. The van der Waals surface area contributed by atoms with Gasteiger partial charge in [-0.3, -0.25) is 14.4 Å². The largest absolute Gasteiger partial charge is 0.533 e. The fraction of sp³-hybridized carbons (Fsp3) is 0.636. The van der Waals surface area contributed by atoms with E-state index in [2.05, 4.69) is 17.5 Å². The molecule has 0 heterocycles. The zero-order valence-corrected chi connectivity index (χ0v) is 19.0. The molecule has 0 radical (unpaired) electrons. The Morgan fingerprint density at radius 2 is 1.87 bits per heavy atom. The second-order valence-corrected chi connectivity index (χ2v) is 9.31. The van der Waals surface area contributed by atoms with E-state index in [1.165, 1.54) is 5.57 Å². The Bertz CT molecular complexity index is 715. The summed E-state index contributed by atoms with van der Waals surface area (Å²) in [6, 6.07) is 0. The average Bonchev–Trinajstić information content (AvgIpc) is 2.71. The first-order valence-electron chi connectivity index (χ1n) is 11.0. The Morgan fingerprint density at radius 1 is 1.17 bits per heavy atom. The van der Waals surface area contributed by atoms with Crippen molar-refractivity contribution in [3.05, 3.63) is 35.6 Å². The molecule has 0 aliphatic heterocycles. The van der Waals surface area contributed by atoms with Gasteiger partial charge in [-0.25, -0.2) is 9.36 Å². The molecule has 0 aromatic rings. The minimum Gasteiger partial charge on any atom is -0.353 e. The zero-order valence-electron chi connectivity index (χ0n) is 18.2. The molecule has 2 aliphatic rings. The van der Waals surface area contributed by atoms with Crippen LogP contribution < -0.4 is 5.32 Å². The molecule has 168 valence electrons. The van der Waals surface area contributed by atoms with Crippen LogP contribution in [0.25, 0.3) is 0 Å². The molecule has 7 nitrogen and oxygen atoms in total. The minimum atomic E-state index is -3.93. The van der Waals surface area contributed by atoms with Crippen LogP contribution in [0.15, 0.2) is 35.6 Å². The number of allylic oxidation sites excluding steroid dienone is 5. The molecule has 2 aliphatic carbocycles. The standard InChI is InChI=1S/C22H35N2O5P/c1-3-5-15-27-30(26,28-16-6-4-2)29-22(25)24-21-13-9-19(10-14-21)17-18-7-11-20(23)12-8-18/h7,9,13-14,19,23H,3-6,8,10-12,15-17H2,1-2H3,(H,24,25). The lowest BCUT2D eigenvalue weighted by molar-refractivity contribution is 0.124. The van der Waals surface area contributed by atoms with Crippen molar-refractivity contribution in [2.75, 3.05) is 13.2 Å². The Hall–Kier alpha value is -1.69. The third-order valence-corrected chi connectivity index (χ3v) is 6.42. The summed E-state index contributed by atoms with van der Waals surface area (Å²) in [5.41, 5.74) is 2.82. The van der Waals surface area contributed by atoms with Gasteiger partial charge in [-0.05, 0) is 50.5 Å². The first-order chi connectivity index (χ1) is 14.4. The Balaban J connectivity index is 1.82. The van der Waals surface area contributed by atoms with Crippen LogP contribution in [0.2, 0.25) is 0 Å². The molecule has 0 fully saturated rings. The fourth-order valence-electron chi connectivity index (χ4n) is 3.19. The van der Waals surface area contributed by atoms with E-state index in [0.717, 1.165) is 50.7 Å². The lowest BCUT2D eigenvalue weighted by Crippen LogP contribution is -2.24. The van der Waals surface area contributed by atoms with Crippen LogP contribution in [-0.2, 0) is 18.1 Å². The van der Waals surface area contributed by atoms with Gasteiger partial charge in [0.1, 0.15) is 0 Å². The van der Waals surface area contributed by atoms with E-state index >= 15 is 0 Å². The molecule has 0 bridgehead atoms. The molecule has 1 atom stereocenters. The number of phosphoric ester groups is 1. The van der Waals surface area contributed by atoms with Crippen LogP contribution in [0.4, 0.5) is 4.79 Å². The summed E-state index contributed by atoms with van der Waals surface area (Å²) in [5, 5.41) is 10.3. The smallest absolute Gasteiger partial charge is 0.353 e. The molecule has 0 saturated carbocycles. The number of rotatable bonds is 12. The second kappa shape index (κ2) is 12.9. The van der Waals surface area contributed by atoms with E-state index in [0.29, 0.717) is 24.5 Å². The SMILES string of the molecule is CCCCOP(=O)(OCCCC)OC(=O)NC1=CCC(CC2=CCC(=N)CC2)C=C1. The van der Waals surface area contributed by atoms with Gasteiger partial charge in [0, 0.05) is 17.8 Å². The molecule has 1 unspecified atom stereocenters. The summed E-state index contributed by atoms with van der Waals surface area (Å²) in [6.45, 7) is 4.41. The number of hydrogen-bond donors (Lipinski definition) is 2. The fourth-order valence-corrected chi connectivity index (χ4v) is 4.32. The summed E-state index contributed by atoms with van der Waals surface area (Å²) >= 11 is 0. The average molecular weight is 439 g/mol. The summed E-state index contributed by atoms with van der Waals surface area (Å²) in [5.74, 6) is 0.381. The van der Waals surface area contributed by atoms with E-state index in [9.17, 15) is 9.36 Å². The molecule has 2 N–H and O–H groups in total. The lowest BCUT2D eigenvalue weighted by atomic mass is 9.87. The van der Waals surface area contributed by atoms with Crippen molar-refractivity contribution in [3.63, 3.8) is 0 Å². The van der Waals surface area contributed by atoms with Gasteiger partial charge in [-0.2, -0.15) is 0 Å². The van der Waals surface area contributed by atoms with Crippen molar-refractivity contribution in [1.29, 1.82) is 5.41 Å². The van der Waals surface area contributed by atoms with Crippen LogP contribution >= 0.6 is 7.82 Å².